The monoisotopic (exact) mass is 1270 g/mol. The molecule has 21 aliphatic rings. The molecule has 0 radical (unpaired) electrons. The molecule has 21 aliphatic heterocycles. The molecule has 0 spiro atoms. The molecule has 37 nitrogen and oxygen atoms in total. The molecule has 21 saturated heterocycles. The van der Waals surface area contributed by atoms with Crippen molar-refractivity contribution in [2.45, 2.75) is 228 Å². The number of nitrogens with one attached hydrogen (secondary N) is 1. The fraction of sp³-hybridized carbons (Fsp3) is 0.979. The molecule has 1 amide bonds. The topological polar surface area (TPSA) is 580 Å². The van der Waals surface area contributed by atoms with Crippen molar-refractivity contribution in [3.8, 4) is 0 Å². The minimum atomic E-state index is -2.21. The fourth-order valence-electron chi connectivity index (χ4n) is 11.2. The molecule has 496 valence electrons. The van der Waals surface area contributed by atoms with Gasteiger partial charge in [0.15, 0.2) is 44.0 Å². The number of primary amides is 1. The highest BCUT2D eigenvalue weighted by molar-refractivity contribution is 5.61. The molecule has 0 aliphatic carbocycles. The molecule has 0 aromatic heterocycles. The molecular weight excluding hydrogens is 1190 g/mol. The summed E-state index contributed by atoms with van der Waals surface area (Å²) in [4.78, 5) is 11.5. The number of halogens is 1. The lowest BCUT2D eigenvalue weighted by Gasteiger charge is -2.50. The van der Waals surface area contributed by atoms with Crippen molar-refractivity contribution >= 4 is 5.91 Å². The van der Waals surface area contributed by atoms with Crippen molar-refractivity contribution in [3.63, 3.8) is 0 Å². The third-order valence-corrected chi connectivity index (χ3v) is 15.9. The summed E-state index contributed by atoms with van der Waals surface area (Å²) in [6, 6.07) is 0. The van der Waals surface area contributed by atoms with E-state index in [2.05, 4.69) is 5.32 Å². The quantitative estimate of drug-likeness (QED) is 0.0807. The maximum absolute atomic E-state index is 11.7. The number of rotatable bonds is 12. The summed E-state index contributed by atoms with van der Waals surface area (Å²) in [6.07, 6.45) is -69.2. The van der Waals surface area contributed by atoms with Gasteiger partial charge < -0.3 is 186 Å². The maximum Gasteiger partial charge on any atom is 0.307 e. The van der Waals surface area contributed by atoms with Gasteiger partial charge in [-0.05, 0) is 0 Å². The van der Waals surface area contributed by atoms with Crippen LogP contribution in [-0.2, 0) is 71.1 Å². The maximum atomic E-state index is 11.7. The van der Waals surface area contributed by atoms with E-state index in [-0.39, 0.29) is 31.4 Å². The Balaban J connectivity index is 0.0000104. The lowest BCUT2D eigenvalue weighted by Crippen LogP contribution is -3.00. The SMILES string of the molecule is CC(=O)[NH2+]CCCNC[C@H]1O[C@@H]2O[C@H]3[C@H](O)[C@H](O)[C@@H](O[C@H]4[C@H](O)[C@H](O)[C@@H](O[C@H]5[C@H](O)[C@@H](O)[C@@H](O[C@H]6[C@H](O)[C@@H](O)[C@@H](O[C@H]7[C@H](O)[C@@H](O)[C@@H](O[C@H]8[C@H](O)[C@@H](O)[C@@H](O[C@H]1[C@H](O)[C@H]2O)O[C@@H]8CO)O[C@@H]7CO)O[C@@H]6CO)O[C@@H]5CO)O[C@@H]4CO)O[C@@H]3CO.[Cl-]. The number of hydrogen-bond donors (Lipinski definition) is 22. The minimum absolute atomic E-state index is 0. The van der Waals surface area contributed by atoms with E-state index >= 15 is 0 Å². The highest BCUT2D eigenvalue weighted by Gasteiger charge is 2.59. The molecule has 21 rings (SSSR count). The van der Waals surface area contributed by atoms with E-state index < -0.39 is 255 Å². The van der Waals surface area contributed by atoms with E-state index in [1.165, 1.54) is 12.2 Å². The zero-order valence-corrected chi connectivity index (χ0v) is 46.1. The Bertz CT molecular complexity index is 2030. The summed E-state index contributed by atoms with van der Waals surface area (Å²) < 4.78 is 81.1. The molecule has 14 bridgehead atoms. The third-order valence-electron chi connectivity index (χ3n) is 15.9. The first-order valence-electron chi connectivity index (χ1n) is 27.4. The Labute approximate surface area is 488 Å². The number of carbonyl (C=O) groups is 1. The van der Waals surface area contributed by atoms with Gasteiger partial charge in [-0.1, -0.05) is 0 Å². The Morgan fingerprint density at radius 3 is 0.694 bits per heavy atom. The van der Waals surface area contributed by atoms with Crippen molar-refractivity contribution in [1.29, 1.82) is 0 Å². The van der Waals surface area contributed by atoms with Crippen LogP contribution in [0.2, 0.25) is 0 Å². The standard InChI is InChI=1S/C47H80N2O35.ClH/c1-12(56)49-4-2-3-48-5-13-34-20(57)27(64)41(71-13)79-35-14(6-50)73-43(29(66)22(35)59)81-37-16(8-52)75-45(31(68)24(37)61)83-39-18(10-54)77-47(33(70)26(39)63)84-40-19(11-55)76-46(32(69)25(40)62)82-38-17(9-53)74-44(30(67)23(38)60)80-36-15(7-51)72-42(78-34)28(65)21(36)58;/h13-48,50-55,57-70H,2-11H2,1H3,(H,49,56);1H/t13-,14-,15-,16-,17-,18-,19-,20-,21-,22-,23-,24-,25-,26-,27-,28-,29+,30-,31+,32-,33-,34-,35-,36-,37-,38-,39-,40-,41-,42-,43-,44-,45-,46-,47-;/m1./s1. The molecule has 21 heterocycles. The van der Waals surface area contributed by atoms with Gasteiger partial charge in [-0.3, -0.25) is 5.32 Å². The van der Waals surface area contributed by atoms with Crippen LogP contribution in [-0.4, -0.2) is 382 Å². The smallest absolute Gasteiger partial charge is 0.307 e. The second-order valence-electron chi connectivity index (χ2n) is 21.6. The van der Waals surface area contributed by atoms with Gasteiger partial charge in [-0.15, -0.1) is 0 Å². The Morgan fingerprint density at radius 2 is 0.506 bits per heavy atom. The van der Waals surface area contributed by atoms with E-state index in [4.69, 9.17) is 66.3 Å². The molecule has 0 unspecified atom stereocenters. The van der Waals surface area contributed by atoms with E-state index in [1.54, 1.807) is 0 Å². The minimum Gasteiger partial charge on any atom is -1.00 e. The van der Waals surface area contributed by atoms with Gasteiger partial charge in [0.1, 0.15) is 171 Å². The van der Waals surface area contributed by atoms with Crippen LogP contribution in [0.15, 0.2) is 0 Å². The van der Waals surface area contributed by atoms with Gasteiger partial charge in [0, 0.05) is 19.5 Å². The lowest BCUT2D eigenvalue weighted by molar-refractivity contribution is -0.567. The number of ether oxygens (including phenoxy) is 14. The molecule has 21 fully saturated rings. The second-order valence-corrected chi connectivity index (χ2v) is 21.6. The zero-order chi connectivity index (χ0) is 61.2. The first-order chi connectivity index (χ1) is 40.0. The van der Waals surface area contributed by atoms with Crippen LogP contribution in [0.1, 0.15) is 13.3 Å². The predicted molar refractivity (Wildman–Crippen MR) is 256 cm³/mol. The number of nitrogens with two attached hydrogens (primary N) is 1. The first kappa shape index (κ1) is 71.0. The number of amides is 1. The Morgan fingerprint density at radius 1 is 0.318 bits per heavy atom. The molecule has 85 heavy (non-hydrogen) atoms. The highest BCUT2D eigenvalue weighted by Crippen LogP contribution is 2.39. The number of aliphatic hydroxyl groups is 20. The van der Waals surface area contributed by atoms with Crippen molar-refractivity contribution in [2.24, 2.45) is 0 Å². The Kier molecular flexibility index (Phi) is 26.1. The van der Waals surface area contributed by atoms with Crippen LogP contribution in [0.3, 0.4) is 0 Å². The predicted octanol–water partition coefficient (Wildman–Crippen LogP) is -19.1. The van der Waals surface area contributed by atoms with Crippen molar-refractivity contribution < 1.29 is 191 Å². The zero-order valence-electron chi connectivity index (χ0n) is 45.3. The van der Waals surface area contributed by atoms with Crippen LogP contribution in [0.4, 0.5) is 0 Å². The van der Waals surface area contributed by atoms with Gasteiger partial charge in [0.05, 0.1) is 53.1 Å². The van der Waals surface area contributed by atoms with Crippen molar-refractivity contribution in [3.05, 3.63) is 0 Å². The molecule has 35 atom stereocenters. The van der Waals surface area contributed by atoms with Gasteiger partial charge in [-0.2, -0.15) is 0 Å². The third kappa shape index (κ3) is 15.2. The molecule has 23 N–H and O–H groups in total. The summed E-state index contributed by atoms with van der Waals surface area (Å²) in [5.74, 6) is -0.190. The first-order valence-corrected chi connectivity index (χ1v) is 27.4. The molecule has 0 aromatic rings. The van der Waals surface area contributed by atoms with Crippen molar-refractivity contribution in [1.82, 2.24) is 5.32 Å². The van der Waals surface area contributed by atoms with E-state index in [9.17, 15) is 107 Å². The summed E-state index contributed by atoms with van der Waals surface area (Å²) in [7, 11) is 0. The Hall–Kier alpha value is -1.48. The number of aliphatic hydroxyl groups excluding tert-OH is 20. The summed E-state index contributed by atoms with van der Waals surface area (Å²) in [5.41, 5.74) is 0. The van der Waals surface area contributed by atoms with Gasteiger partial charge in [0.25, 0.3) is 0 Å². The summed E-state index contributed by atoms with van der Waals surface area (Å²) >= 11 is 0. The summed E-state index contributed by atoms with van der Waals surface area (Å²) in [5, 5.41) is 227. The second kappa shape index (κ2) is 31.2. The molecule has 38 heteroatoms. The van der Waals surface area contributed by atoms with Crippen LogP contribution in [0.5, 0.6) is 0 Å². The largest absolute Gasteiger partial charge is 1.00 e. The average molecular weight is 1270 g/mol. The van der Waals surface area contributed by atoms with Crippen LogP contribution < -0.4 is 23.0 Å². The molecular formula is C47H81ClN2O35. The molecule has 0 saturated carbocycles. The van der Waals surface area contributed by atoms with E-state index in [0.29, 0.717) is 13.0 Å². The van der Waals surface area contributed by atoms with Gasteiger partial charge in [-0.25, -0.2) is 4.79 Å². The van der Waals surface area contributed by atoms with Crippen LogP contribution in [0, 0.1) is 0 Å². The summed E-state index contributed by atoms with van der Waals surface area (Å²) in [6.45, 7) is -4.64. The number of hydrogen-bond acceptors (Lipinski definition) is 36. The van der Waals surface area contributed by atoms with E-state index in [0.717, 1.165) is 0 Å². The highest BCUT2D eigenvalue weighted by atomic mass is 35.5. The fourth-order valence-corrected chi connectivity index (χ4v) is 11.2. The van der Waals surface area contributed by atoms with Gasteiger partial charge in [0.2, 0.25) is 0 Å². The van der Waals surface area contributed by atoms with Crippen LogP contribution >= 0.6 is 0 Å². The van der Waals surface area contributed by atoms with Crippen molar-refractivity contribution in [2.75, 3.05) is 59.3 Å². The molecule has 0 aromatic carbocycles. The van der Waals surface area contributed by atoms with Gasteiger partial charge >= 0.3 is 5.91 Å². The van der Waals surface area contributed by atoms with E-state index in [1.807, 2.05) is 0 Å². The average Bonchev–Trinajstić information content (AvgIpc) is 3.59. The lowest BCUT2D eigenvalue weighted by atomic mass is 9.95. The normalized spacial score (nSPS) is 51.1. The van der Waals surface area contributed by atoms with Crippen LogP contribution in [0.25, 0.3) is 0 Å². The number of carbonyl (C=O) groups excluding carboxylic acids is 1. The number of quaternary nitrogens is 1.